The minimum Gasteiger partial charge on any atom is -0.271 e. The van der Waals surface area contributed by atoms with Crippen LogP contribution in [0.15, 0.2) is 44.7 Å². The first kappa shape index (κ1) is 14.2. The van der Waals surface area contributed by atoms with Crippen LogP contribution >= 0.6 is 43.2 Å². The SMILES string of the molecule is NNC(CCc1cccs1)c1ccc(Br)cc1Br. The Hall–Kier alpha value is -0.200. The lowest BCUT2D eigenvalue weighted by atomic mass is 10.0. The third-order valence-electron chi connectivity index (χ3n) is 2.80. The molecule has 0 saturated heterocycles. The van der Waals surface area contributed by atoms with Crippen molar-refractivity contribution in [2.24, 2.45) is 5.84 Å². The predicted molar refractivity (Wildman–Crippen MR) is 84.5 cm³/mol. The van der Waals surface area contributed by atoms with Crippen LogP contribution in [0.25, 0.3) is 0 Å². The van der Waals surface area contributed by atoms with Crippen LogP contribution in [0.2, 0.25) is 0 Å². The monoisotopic (exact) mass is 388 g/mol. The Balaban J connectivity index is 2.08. The third kappa shape index (κ3) is 3.65. The fourth-order valence-corrected chi connectivity index (χ4v) is 3.90. The Morgan fingerprint density at radius 1 is 1.28 bits per heavy atom. The van der Waals surface area contributed by atoms with Gasteiger partial charge in [0, 0.05) is 19.9 Å². The van der Waals surface area contributed by atoms with Crippen LogP contribution in [-0.4, -0.2) is 0 Å². The largest absolute Gasteiger partial charge is 0.271 e. The lowest BCUT2D eigenvalue weighted by molar-refractivity contribution is 0.516. The maximum atomic E-state index is 5.67. The van der Waals surface area contributed by atoms with Gasteiger partial charge in [-0.05, 0) is 42.0 Å². The molecule has 1 heterocycles. The molecule has 2 nitrogen and oxygen atoms in total. The van der Waals surface area contributed by atoms with E-state index in [4.69, 9.17) is 5.84 Å². The van der Waals surface area contributed by atoms with Gasteiger partial charge >= 0.3 is 0 Å². The predicted octanol–water partition coefficient (Wildman–Crippen LogP) is 4.41. The Morgan fingerprint density at radius 2 is 2.11 bits per heavy atom. The van der Waals surface area contributed by atoms with E-state index in [1.165, 1.54) is 10.4 Å². The average Bonchev–Trinajstić information content (AvgIpc) is 2.85. The highest BCUT2D eigenvalue weighted by atomic mass is 79.9. The highest BCUT2D eigenvalue weighted by Gasteiger charge is 2.13. The molecule has 0 amide bonds. The molecule has 18 heavy (non-hydrogen) atoms. The van der Waals surface area contributed by atoms with E-state index in [-0.39, 0.29) is 6.04 Å². The quantitative estimate of drug-likeness (QED) is 0.587. The van der Waals surface area contributed by atoms with Gasteiger partial charge < -0.3 is 0 Å². The van der Waals surface area contributed by atoms with E-state index in [1.54, 1.807) is 11.3 Å². The lowest BCUT2D eigenvalue weighted by Crippen LogP contribution is -2.28. The zero-order valence-corrected chi connectivity index (χ0v) is 13.7. The number of hydrazine groups is 1. The molecular weight excluding hydrogens is 376 g/mol. The first-order valence-electron chi connectivity index (χ1n) is 5.64. The number of hydrogen-bond donors (Lipinski definition) is 2. The van der Waals surface area contributed by atoms with Gasteiger partial charge in [-0.3, -0.25) is 11.3 Å². The number of benzene rings is 1. The van der Waals surface area contributed by atoms with Crippen molar-refractivity contribution in [3.63, 3.8) is 0 Å². The van der Waals surface area contributed by atoms with Gasteiger partial charge in [0.1, 0.15) is 0 Å². The van der Waals surface area contributed by atoms with E-state index in [1.807, 2.05) is 12.1 Å². The molecule has 1 unspecified atom stereocenters. The molecule has 0 aliphatic heterocycles. The van der Waals surface area contributed by atoms with Crippen LogP contribution in [0.5, 0.6) is 0 Å². The van der Waals surface area contributed by atoms with E-state index in [2.05, 4.69) is 60.9 Å². The number of thiophene rings is 1. The summed E-state index contributed by atoms with van der Waals surface area (Å²) in [6, 6.07) is 10.6. The minimum absolute atomic E-state index is 0.162. The molecule has 1 aromatic carbocycles. The van der Waals surface area contributed by atoms with Crippen molar-refractivity contribution in [3.05, 3.63) is 55.1 Å². The number of rotatable bonds is 5. The topological polar surface area (TPSA) is 38.0 Å². The lowest BCUT2D eigenvalue weighted by Gasteiger charge is -2.17. The molecule has 0 spiro atoms. The van der Waals surface area contributed by atoms with E-state index in [0.717, 1.165) is 21.8 Å². The first-order chi connectivity index (χ1) is 8.70. The van der Waals surface area contributed by atoms with Crippen LogP contribution < -0.4 is 11.3 Å². The molecule has 96 valence electrons. The fourth-order valence-electron chi connectivity index (χ4n) is 1.85. The maximum absolute atomic E-state index is 5.67. The summed E-state index contributed by atoms with van der Waals surface area (Å²) in [6.07, 6.45) is 2.02. The fraction of sp³-hybridized carbons (Fsp3) is 0.231. The molecule has 0 aliphatic rings. The van der Waals surface area contributed by atoms with E-state index < -0.39 is 0 Å². The summed E-state index contributed by atoms with van der Waals surface area (Å²) in [7, 11) is 0. The minimum atomic E-state index is 0.162. The summed E-state index contributed by atoms with van der Waals surface area (Å²) < 4.78 is 2.14. The number of hydrogen-bond acceptors (Lipinski definition) is 3. The summed E-state index contributed by atoms with van der Waals surface area (Å²) in [6.45, 7) is 0. The van der Waals surface area contributed by atoms with Crippen molar-refractivity contribution in [2.75, 3.05) is 0 Å². The highest BCUT2D eigenvalue weighted by molar-refractivity contribution is 9.11. The number of aryl methyl sites for hydroxylation is 1. The van der Waals surface area contributed by atoms with Crippen molar-refractivity contribution in [2.45, 2.75) is 18.9 Å². The number of nitrogens with one attached hydrogen (secondary N) is 1. The van der Waals surface area contributed by atoms with Gasteiger partial charge in [0.2, 0.25) is 0 Å². The van der Waals surface area contributed by atoms with Gasteiger partial charge in [-0.1, -0.05) is 44.0 Å². The molecule has 0 fully saturated rings. The molecule has 0 aliphatic carbocycles. The Morgan fingerprint density at radius 3 is 2.72 bits per heavy atom. The zero-order valence-electron chi connectivity index (χ0n) is 9.70. The van der Waals surface area contributed by atoms with E-state index >= 15 is 0 Å². The number of halogens is 2. The van der Waals surface area contributed by atoms with Crippen LogP contribution in [-0.2, 0) is 6.42 Å². The molecule has 5 heteroatoms. The average molecular weight is 390 g/mol. The van der Waals surface area contributed by atoms with E-state index in [0.29, 0.717) is 0 Å². The second-order valence-corrected chi connectivity index (χ2v) is 6.81. The summed E-state index contributed by atoms with van der Waals surface area (Å²) in [5, 5.41) is 2.11. The van der Waals surface area contributed by atoms with Gasteiger partial charge in [-0.25, -0.2) is 0 Å². The van der Waals surface area contributed by atoms with Crippen LogP contribution in [0.1, 0.15) is 22.9 Å². The van der Waals surface area contributed by atoms with Crippen molar-refractivity contribution in [1.29, 1.82) is 0 Å². The third-order valence-corrected chi connectivity index (χ3v) is 4.91. The molecule has 2 aromatic rings. The van der Waals surface area contributed by atoms with Crippen molar-refractivity contribution >= 4 is 43.2 Å². The number of nitrogens with two attached hydrogens (primary N) is 1. The van der Waals surface area contributed by atoms with Gasteiger partial charge in [-0.2, -0.15) is 0 Å². The van der Waals surface area contributed by atoms with Crippen molar-refractivity contribution in [3.8, 4) is 0 Å². The normalized spacial score (nSPS) is 12.6. The van der Waals surface area contributed by atoms with Crippen molar-refractivity contribution < 1.29 is 0 Å². The Kier molecular flexibility index (Phi) is 5.38. The summed E-state index contributed by atoms with van der Waals surface area (Å²) in [5.41, 5.74) is 4.09. The van der Waals surface area contributed by atoms with Gasteiger partial charge in [0.25, 0.3) is 0 Å². The standard InChI is InChI=1S/C13H14Br2N2S/c14-9-3-5-11(12(15)8-9)13(17-16)6-4-10-2-1-7-18-10/h1-3,5,7-8,13,17H,4,6,16H2. The Bertz CT molecular complexity index is 500. The molecule has 0 radical (unpaired) electrons. The highest BCUT2D eigenvalue weighted by Crippen LogP contribution is 2.29. The smallest absolute Gasteiger partial charge is 0.0474 e. The molecule has 1 atom stereocenters. The van der Waals surface area contributed by atoms with Crippen LogP contribution in [0.4, 0.5) is 0 Å². The molecular formula is C13H14Br2N2S. The van der Waals surface area contributed by atoms with Crippen LogP contribution in [0, 0.1) is 0 Å². The molecule has 1 aromatic heterocycles. The zero-order chi connectivity index (χ0) is 13.0. The van der Waals surface area contributed by atoms with E-state index in [9.17, 15) is 0 Å². The van der Waals surface area contributed by atoms with Crippen molar-refractivity contribution in [1.82, 2.24) is 5.43 Å². The van der Waals surface area contributed by atoms with Gasteiger partial charge in [0.05, 0.1) is 0 Å². The molecule has 3 N–H and O–H groups in total. The Labute approximate surface area is 128 Å². The summed E-state index contributed by atoms with van der Waals surface area (Å²) in [5.74, 6) is 5.67. The molecule has 0 bridgehead atoms. The summed E-state index contributed by atoms with van der Waals surface area (Å²) in [4.78, 5) is 1.39. The molecule has 0 saturated carbocycles. The second-order valence-electron chi connectivity index (χ2n) is 4.00. The summed E-state index contributed by atoms with van der Waals surface area (Å²) >= 11 is 8.83. The van der Waals surface area contributed by atoms with Crippen LogP contribution in [0.3, 0.4) is 0 Å². The first-order valence-corrected chi connectivity index (χ1v) is 8.10. The van der Waals surface area contributed by atoms with Gasteiger partial charge in [-0.15, -0.1) is 11.3 Å². The molecule has 2 rings (SSSR count). The second kappa shape index (κ2) is 6.82. The maximum Gasteiger partial charge on any atom is 0.0474 e. The van der Waals surface area contributed by atoms with Gasteiger partial charge in [0.15, 0.2) is 0 Å².